The van der Waals surface area contributed by atoms with Crippen LogP contribution in [0.4, 0.5) is 0 Å². The van der Waals surface area contributed by atoms with Gasteiger partial charge in [0.2, 0.25) is 16.8 Å². The molecule has 0 aliphatic carbocycles. The number of fused-ring (bicyclic) bond motifs is 1. The van der Waals surface area contributed by atoms with Crippen LogP contribution in [0.2, 0.25) is 0 Å². The van der Waals surface area contributed by atoms with Gasteiger partial charge in [0.05, 0.1) is 17.7 Å². The molecule has 2 heterocycles. The fourth-order valence-electron chi connectivity index (χ4n) is 3.19. The summed E-state index contributed by atoms with van der Waals surface area (Å²) in [6, 6.07) is 13.5. The van der Waals surface area contributed by atoms with Gasteiger partial charge in [0, 0.05) is 12.1 Å². The normalized spacial score (nSPS) is 12.7. The first-order valence-electron chi connectivity index (χ1n) is 9.72. The third-order valence-electron chi connectivity index (χ3n) is 4.92. The van der Waals surface area contributed by atoms with E-state index < -0.39 is 10.0 Å². The van der Waals surface area contributed by atoms with Crippen molar-refractivity contribution in [1.29, 1.82) is 0 Å². The van der Waals surface area contributed by atoms with Gasteiger partial charge < -0.3 is 19.2 Å². The molecule has 2 N–H and O–H groups in total. The summed E-state index contributed by atoms with van der Waals surface area (Å²) in [6.45, 7) is 2.40. The molecule has 1 aliphatic rings. The van der Waals surface area contributed by atoms with Crippen molar-refractivity contribution in [2.75, 3.05) is 13.3 Å². The van der Waals surface area contributed by atoms with Crippen molar-refractivity contribution < 1.29 is 27.1 Å². The molecule has 0 bridgehead atoms. The summed E-state index contributed by atoms with van der Waals surface area (Å²) >= 11 is 0. The first-order valence-corrected chi connectivity index (χ1v) is 11.2. The van der Waals surface area contributed by atoms with Crippen molar-refractivity contribution in [1.82, 2.24) is 10.0 Å². The van der Waals surface area contributed by atoms with E-state index in [0.717, 1.165) is 5.56 Å². The molecular weight excluding hydrogens is 420 g/mol. The minimum atomic E-state index is -3.79. The predicted octanol–water partition coefficient (Wildman–Crippen LogP) is 2.77. The molecule has 0 saturated carbocycles. The van der Waals surface area contributed by atoms with Gasteiger partial charge in [-0.05, 0) is 60.9 Å². The molecule has 162 valence electrons. The molecule has 8 nitrogen and oxygen atoms in total. The maximum Gasteiger partial charge on any atom is 0.251 e. The maximum absolute atomic E-state index is 12.7. The summed E-state index contributed by atoms with van der Waals surface area (Å²) in [4.78, 5) is 12.7. The van der Waals surface area contributed by atoms with E-state index in [9.17, 15) is 13.2 Å². The van der Waals surface area contributed by atoms with Crippen molar-refractivity contribution >= 4 is 15.9 Å². The highest BCUT2D eigenvalue weighted by Gasteiger charge is 2.19. The molecule has 4 rings (SSSR count). The number of nitrogens with one attached hydrogen (secondary N) is 2. The Hall–Kier alpha value is -3.30. The first-order chi connectivity index (χ1) is 14.9. The third kappa shape index (κ3) is 4.89. The van der Waals surface area contributed by atoms with Crippen LogP contribution in [-0.4, -0.2) is 27.7 Å². The van der Waals surface area contributed by atoms with Gasteiger partial charge in [-0.15, -0.1) is 0 Å². The van der Waals surface area contributed by atoms with Crippen LogP contribution in [0, 0.1) is 6.92 Å². The van der Waals surface area contributed by atoms with Crippen LogP contribution in [0.3, 0.4) is 0 Å². The van der Waals surface area contributed by atoms with Crippen LogP contribution in [0.15, 0.2) is 64.1 Å². The molecule has 31 heavy (non-hydrogen) atoms. The molecule has 9 heteroatoms. The fourth-order valence-corrected chi connectivity index (χ4v) is 4.21. The summed E-state index contributed by atoms with van der Waals surface area (Å²) in [5, 5.41) is 2.85. The van der Waals surface area contributed by atoms with E-state index in [1.165, 1.54) is 18.4 Å². The lowest BCUT2D eigenvalue weighted by atomic mass is 10.1. The predicted molar refractivity (Wildman–Crippen MR) is 113 cm³/mol. The van der Waals surface area contributed by atoms with Crippen molar-refractivity contribution in [3.63, 3.8) is 0 Å². The van der Waals surface area contributed by atoms with E-state index in [4.69, 9.17) is 13.9 Å². The zero-order valence-corrected chi connectivity index (χ0v) is 17.7. The molecular formula is C22H22N2O6S. The number of furan rings is 1. The number of hydrogen-bond acceptors (Lipinski definition) is 6. The van der Waals surface area contributed by atoms with Crippen LogP contribution in [-0.2, 0) is 23.0 Å². The molecule has 1 aromatic heterocycles. The number of benzene rings is 2. The van der Waals surface area contributed by atoms with E-state index in [1.807, 2.05) is 18.2 Å². The topological polar surface area (TPSA) is 107 Å². The van der Waals surface area contributed by atoms with E-state index in [-0.39, 0.29) is 24.1 Å². The molecule has 0 atom stereocenters. The number of sulfonamides is 1. The van der Waals surface area contributed by atoms with Crippen molar-refractivity contribution in [3.8, 4) is 11.5 Å². The average molecular weight is 442 g/mol. The van der Waals surface area contributed by atoms with E-state index in [2.05, 4.69) is 10.0 Å². The molecule has 2 aromatic carbocycles. The monoisotopic (exact) mass is 442 g/mol. The Labute approximate surface area is 180 Å². The van der Waals surface area contributed by atoms with Gasteiger partial charge in [-0.25, -0.2) is 13.1 Å². The molecule has 0 spiro atoms. The number of ether oxygens (including phenoxy) is 2. The summed E-state index contributed by atoms with van der Waals surface area (Å²) in [5.41, 5.74) is 2.00. The van der Waals surface area contributed by atoms with Crippen LogP contribution in [0.25, 0.3) is 0 Å². The number of amides is 1. The number of carbonyl (C=O) groups is 1. The molecule has 0 saturated heterocycles. The van der Waals surface area contributed by atoms with Crippen LogP contribution in [0.5, 0.6) is 11.5 Å². The van der Waals surface area contributed by atoms with Gasteiger partial charge in [-0.3, -0.25) is 4.79 Å². The highest BCUT2D eigenvalue weighted by molar-refractivity contribution is 7.89. The van der Waals surface area contributed by atoms with Gasteiger partial charge in [-0.1, -0.05) is 12.1 Å². The van der Waals surface area contributed by atoms with Gasteiger partial charge >= 0.3 is 0 Å². The summed E-state index contributed by atoms with van der Waals surface area (Å²) < 4.78 is 43.5. The molecule has 0 fully saturated rings. The van der Waals surface area contributed by atoms with Crippen LogP contribution < -0.4 is 19.5 Å². The minimum absolute atomic E-state index is 0.0191. The number of carbonyl (C=O) groups excluding carboxylic acids is 1. The molecule has 0 unspecified atom stereocenters. The molecule has 1 amide bonds. The Morgan fingerprint density at radius 3 is 2.71 bits per heavy atom. The number of rotatable bonds is 8. The smallest absolute Gasteiger partial charge is 0.251 e. The van der Waals surface area contributed by atoms with Crippen molar-refractivity contribution in [3.05, 3.63) is 77.2 Å². The minimum Gasteiger partial charge on any atom is -0.468 e. The summed E-state index contributed by atoms with van der Waals surface area (Å²) in [5.74, 6) is 1.57. The number of aryl methyl sites for hydroxylation is 1. The standard InChI is InChI=1S/C22H22N2O6S/c1-15-4-6-18(31(26,27)24-13-17-3-2-10-28-17)12-19(15)22(25)23-9-8-16-5-7-20-21(11-16)30-14-29-20/h2-7,10-12,24H,8-9,13-14H2,1H3,(H,23,25). The van der Waals surface area contributed by atoms with Crippen LogP contribution >= 0.6 is 0 Å². The lowest BCUT2D eigenvalue weighted by Crippen LogP contribution is -2.27. The van der Waals surface area contributed by atoms with Gasteiger partial charge in [0.15, 0.2) is 11.5 Å². The highest BCUT2D eigenvalue weighted by atomic mass is 32.2. The Kier molecular flexibility index (Phi) is 5.97. The zero-order valence-electron chi connectivity index (χ0n) is 16.9. The molecule has 3 aromatic rings. The second kappa shape index (κ2) is 8.83. The van der Waals surface area contributed by atoms with Gasteiger partial charge in [0.1, 0.15) is 5.76 Å². The third-order valence-corrected chi connectivity index (χ3v) is 6.32. The number of hydrogen-bond donors (Lipinski definition) is 2. The Balaban J connectivity index is 1.39. The Morgan fingerprint density at radius 2 is 1.90 bits per heavy atom. The largest absolute Gasteiger partial charge is 0.468 e. The lowest BCUT2D eigenvalue weighted by molar-refractivity contribution is 0.0953. The van der Waals surface area contributed by atoms with E-state index >= 15 is 0 Å². The summed E-state index contributed by atoms with van der Waals surface area (Å²) in [7, 11) is -3.79. The average Bonchev–Trinajstić information content (AvgIpc) is 3.44. The van der Waals surface area contributed by atoms with Crippen molar-refractivity contribution in [2.45, 2.75) is 24.8 Å². The fraction of sp³-hybridized carbons (Fsp3) is 0.227. The quantitative estimate of drug-likeness (QED) is 0.556. The highest BCUT2D eigenvalue weighted by Crippen LogP contribution is 2.32. The van der Waals surface area contributed by atoms with Crippen molar-refractivity contribution in [2.24, 2.45) is 0 Å². The Bertz CT molecular complexity index is 1190. The molecule has 0 radical (unpaired) electrons. The van der Waals surface area contributed by atoms with Gasteiger partial charge in [0.25, 0.3) is 5.91 Å². The van der Waals surface area contributed by atoms with E-state index in [0.29, 0.717) is 41.4 Å². The van der Waals surface area contributed by atoms with E-state index in [1.54, 1.807) is 25.1 Å². The van der Waals surface area contributed by atoms with Gasteiger partial charge in [-0.2, -0.15) is 0 Å². The second-order valence-corrected chi connectivity index (χ2v) is 8.84. The molecule has 1 aliphatic heterocycles. The van der Waals surface area contributed by atoms with Crippen LogP contribution in [0.1, 0.15) is 27.2 Å². The SMILES string of the molecule is Cc1ccc(S(=O)(=O)NCc2ccco2)cc1C(=O)NCCc1ccc2c(c1)OCO2. The lowest BCUT2D eigenvalue weighted by Gasteiger charge is -2.11. The maximum atomic E-state index is 12.7. The first kappa shape index (κ1) is 21.0. The Morgan fingerprint density at radius 1 is 1.06 bits per heavy atom. The summed E-state index contributed by atoms with van der Waals surface area (Å²) in [6.07, 6.45) is 2.08. The second-order valence-electron chi connectivity index (χ2n) is 7.07. The zero-order chi connectivity index (χ0) is 21.8.